The van der Waals surface area contributed by atoms with E-state index in [9.17, 15) is 4.79 Å². The van der Waals surface area contributed by atoms with Gasteiger partial charge < -0.3 is 4.79 Å². The van der Waals surface area contributed by atoms with Gasteiger partial charge in [-0.15, -0.1) is 0 Å². The molecule has 132 valence electrons. The molecule has 3 aromatic rings. The second-order valence-electron chi connectivity index (χ2n) is 6.41. The van der Waals surface area contributed by atoms with Crippen molar-refractivity contribution in [2.45, 2.75) is 25.6 Å². The molecule has 2 nitrogen and oxygen atoms in total. The van der Waals surface area contributed by atoms with E-state index in [1.54, 1.807) is 0 Å². The van der Waals surface area contributed by atoms with Crippen LogP contribution in [0.5, 0.6) is 0 Å². The van der Waals surface area contributed by atoms with Crippen molar-refractivity contribution in [2.75, 3.05) is 0 Å². The van der Waals surface area contributed by atoms with Crippen molar-refractivity contribution in [3.8, 4) is 0 Å². The van der Waals surface area contributed by atoms with Crippen molar-refractivity contribution >= 4 is 22.2 Å². The molecule has 3 aromatic carbocycles. The lowest BCUT2D eigenvalue weighted by Gasteiger charge is -2.28. The Bertz CT molecular complexity index is 761. The Labute approximate surface area is 163 Å². The molecular weight excluding hydrogens is 386 g/mol. The molecule has 0 saturated heterocycles. The Morgan fingerprint density at radius 1 is 0.731 bits per heavy atom. The van der Waals surface area contributed by atoms with E-state index in [1.165, 1.54) is 11.1 Å². The average Bonchev–Trinajstić information content (AvgIpc) is 2.69. The number of benzene rings is 3. The van der Waals surface area contributed by atoms with Crippen molar-refractivity contribution in [1.29, 1.82) is 0 Å². The highest BCUT2D eigenvalue weighted by molar-refractivity contribution is 9.10. The van der Waals surface area contributed by atoms with Crippen molar-refractivity contribution in [2.24, 2.45) is 0 Å². The van der Waals surface area contributed by atoms with E-state index in [1.807, 2.05) is 48.5 Å². The van der Waals surface area contributed by atoms with E-state index in [0.29, 0.717) is 6.42 Å². The van der Waals surface area contributed by atoms with Crippen LogP contribution >= 0.6 is 15.9 Å². The second kappa shape index (κ2) is 9.46. The molecule has 0 aliphatic rings. The summed E-state index contributed by atoms with van der Waals surface area (Å²) in [6.07, 6.45) is 1.78. The van der Waals surface area contributed by atoms with Crippen LogP contribution < -0.4 is 0 Å². The van der Waals surface area contributed by atoms with Gasteiger partial charge in [0.15, 0.2) is 0 Å². The standard InChI is InChI=1S/C23H22BrNO/c24-22-13-11-19(12-14-22)15-23(18-26)25(16-20-7-3-1-4-8-20)17-21-9-5-2-6-10-21/h1-14,18,23H,15-17H2. The van der Waals surface area contributed by atoms with Gasteiger partial charge in [0.25, 0.3) is 0 Å². The second-order valence-corrected chi connectivity index (χ2v) is 7.33. The lowest BCUT2D eigenvalue weighted by atomic mass is 10.0. The molecule has 3 heteroatoms. The summed E-state index contributed by atoms with van der Waals surface area (Å²) in [5.41, 5.74) is 3.59. The molecule has 0 saturated carbocycles. The van der Waals surface area contributed by atoms with Crippen LogP contribution in [0.3, 0.4) is 0 Å². The van der Waals surface area contributed by atoms with Gasteiger partial charge >= 0.3 is 0 Å². The summed E-state index contributed by atoms with van der Waals surface area (Å²) in [5, 5.41) is 0. The summed E-state index contributed by atoms with van der Waals surface area (Å²) >= 11 is 3.47. The van der Waals surface area contributed by atoms with Crippen LogP contribution in [-0.4, -0.2) is 17.2 Å². The first kappa shape index (κ1) is 18.6. The van der Waals surface area contributed by atoms with E-state index >= 15 is 0 Å². The maximum atomic E-state index is 11.9. The zero-order chi connectivity index (χ0) is 18.2. The number of rotatable bonds is 8. The fraction of sp³-hybridized carbons (Fsp3) is 0.174. The van der Waals surface area contributed by atoms with Crippen LogP contribution in [0, 0.1) is 0 Å². The summed E-state index contributed by atoms with van der Waals surface area (Å²) in [7, 11) is 0. The molecule has 3 rings (SSSR count). The van der Waals surface area contributed by atoms with E-state index < -0.39 is 0 Å². The predicted octanol–water partition coefficient (Wildman–Crippen LogP) is 5.26. The summed E-state index contributed by atoms with van der Waals surface area (Å²) in [4.78, 5) is 14.2. The third-order valence-corrected chi connectivity index (χ3v) is 4.97. The number of hydrogen-bond acceptors (Lipinski definition) is 2. The molecule has 0 amide bonds. The highest BCUT2D eigenvalue weighted by Crippen LogP contribution is 2.17. The monoisotopic (exact) mass is 407 g/mol. The SMILES string of the molecule is O=CC(Cc1ccc(Br)cc1)N(Cc1ccccc1)Cc1ccccc1. The maximum absolute atomic E-state index is 11.9. The van der Waals surface area contributed by atoms with Gasteiger partial charge in [-0.3, -0.25) is 4.90 Å². The van der Waals surface area contributed by atoms with Crippen LogP contribution in [0.2, 0.25) is 0 Å². The normalized spacial score (nSPS) is 12.1. The third kappa shape index (κ3) is 5.38. The van der Waals surface area contributed by atoms with Crippen molar-refractivity contribution < 1.29 is 4.79 Å². The summed E-state index contributed by atoms with van der Waals surface area (Å²) < 4.78 is 1.05. The molecule has 0 aliphatic heterocycles. The van der Waals surface area contributed by atoms with Crippen LogP contribution in [0.4, 0.5) is 0 Å². The Kier molecular flexibility index (Phi) is 6.75. The quantitative estimate of drug-likeness (QED) is 0.474. The van der Waals surface area contributed by atoms with Crippen molar-refractivity contribution in [1.82, 2.24) is 4.90 Å². The van der Waals surface area contributed by atoms with E-state index in [-0.39, 0.29) is 6.04 Å². The Morgan fingerprint density at radius 3 is 1.69 bits per heavy atom. The molecule has 0 aromatic heterocycles. The van der Waals surface area contributed by atoms with E-state index in [0.717, 1.165) is 29.4 Å². The molecule has 1 atom stereocenters. The lowest BCUT2D eigenvalue weighted by Crippen LogP contribution is -2.37. The largest absolute Gasteiger partial charge is 0.302 e. The molecule has 0 bridgehead atoms. The molecule has 0 radical (unpaired) electrons. The summed E-state index contributed by atoms with van der Waals surface area (Å²) in [5.74, 6) is 0. The Morgan fingerprint density at radius 2 is 1.23 bits per heavy atom. The molecular formula is C23H22BrNO. The molecule has 26 heavy (non-hydrogen) atoms. The minimum atomic E-state index is -0.170. The zero-order valence-corrected chi connectivity index (χ0v) is 16.2. The number of carbonyl (C=O) groups excluding carboxylic acids is 1. The van der Waals surface area contributed by atoms with E-state index in [4.69, 9.17) is 0 Å². The average molecular weight is 408 g/mol. The fourth-order valence-corrected chi connectivity index (χ4v) is 3.32. The number of carbonyl (C=O) groups is 1. The Hall–Kier alpha value is -2.23. The molecule has 0 aliphatic carbocycles. The topological polar surface area (TPSA) is 20.3 Å². The number of aldehydes is 1. The highest BCUT2D eigenvalue weighted by Gasteiger charge is 2.19. The van der Waals surface area contributed by atoms with Gasteiger partial charge in [-0.05, 0) is 35.2 Å². The summed E-state index contributed by atoms with van der Waals surface area (Å²) in [6, 6.07) is 28.7. The van der Waals surface area contributed by atoms with Gasteiger partial charge in [-0.25, -0.2) is 0 Å². The maximum Gasteiger partial charge on any atom is 0.137 e. The first-order valence-corrected chi connectivity index (χ1v) is 9.55. The first-order valence-electron chi connectivity index (χ1n) is 8.76. The minimum absolute atomic E-state index is 0.170. The zero-order valence-electron chi connectivity index (χ0n) is 14.6. The van der Waals surface area contributed by atoms with Crippen LogP contribution in [0.25, 0.3) is 0 Å². The molecule has 1 unspecified atom stereocenters. The predicted molar refractivity (Wildman–Crippen MR) is 110 cm³/mol. The lowest BCUT2D eigenvalue weighted by molar-refractivity contribution is -0.112. The smallest absolute Gasteiger partial charge is 0.137 e. The Balaban J connectivity index is 1.81. The van der Waals surface area contributed by atoms with Gasteiger partial charge in [0.1, 0.15) is 6.29 Å². The van der Waals surface area contributed by atoms with E-state index in [2.05, 4.69) is 57.2 Å². The van der Waals surface area contributed by atoms with Crippen LogP contribution in [0.15, 0.2) is 89.4 Å². The molecule has 0 N–H and O–H groups in total. The molecule has 0 fully saturated rings. The van der Waals surface area contributed by atoms with Gasteiger partial charge in [0.05, 0.1) is 6.04 Å². The first-order chi connectivity index (χ1) is 12.7. The minimum Gasteiger partial charge on any atom is -0.302 e. The summed E-state index contributed by atoms with van der Waals surface area (Å²) in [6.45, 7) is 1.49. The molecule has 0 heterocycles. The van der Waals surface area contributed by atoms with Gasteiger partial charge in [-0.1, -0.05) is 88.7 Å². The van der Waals surface area contributed by atoms with Crippen molar-refractivity contribution in [3.05, 3.63) is 106 Å². The van der Waals surface area contributed by atoms with Crippen LogP contribution in [-0.2, 0) is 24.3 Å². The van der Waals surface area contributed by atoms with Gasteiger partial charge in [-0.2, -0.15) is 0 Å². The van der Waals surface area contributed by atoms with Crippen LogP contribution in [0.1, 0.15) is 16.7 Å². The third-order valence-electron chi connectivity index (χ3n) is 4.44. The molecule has 0 spiro atoms. The fourth-order valence-electron chi connectivity index (χ4n) is 3.05. The number of hydrogen-bond donors (Lipinski definition) is 0. The van der Waals surface area contributed by atoms with Crippen molar-refractivity contribution in [3.63, 3.8) is 0 Å². The van der Waals surface area contributed by atoms with Gasteiger partial charge in [0.2, 0.25) is 0 Å². The highest BCUT2D eigenvalue weighted by atomic mass is 79.9. The number of halogens is 1. The van der Waals surface area contributed by atoms with Gasteiger partial charge in [0, 0.05) is 17.6 Å². The number of nitrogens with zero attached hydrogens (tertiary/aromatic N) is 1.